The zero-order chi connectivity index (χ0) is 17.4. The van der Waals surface area contributed by atoms with E-state index in [1.165, 1.54) is 10.6 Å². The van der Waals surface area contributed by atoms with E-state index in [0.717, 1.165) is 16.5 Å². The number of fused-ring (bicyclic) bond motifs is 2. The molecule has 3 aromatic heterocycles. The number of hydrogen-bond donors (Lipinski definition) is 1. The Balaban J connectivity index is 1.78. The molecule has 6 heteroatoms. The van der Waals surface area contributed by atoms with Gasteiger partial charge in [-0.25, -0.2) is 4.98 Å². The van der Waals surface area contributed by atoms with Gasteiger partial charge in [-0.1, -0.05) is 12.1 Å². The van der Waals surface area contributed by atoms with Crippen molar-refractivity contribution in [2.75, 3.05) is 5.32 Å². The molecule has 122 valence electrons. The fraction of sp³-hybridized carbons (Fsp3) is 0.0526. The Morgan fingerprint density at radius 2 is 1.96 bits per heavy atom. The first-order valence-corrected chi connectivity index (χ1v) is 7.77. The lowest BCUT2D eigenvalue weighted by molar-refractivity contribution is 0.102. The number of aromatic nitrogens is 3. The Kier molecular flexibility index (Phi) is 3.50. The van der Waals surface area contributed by atoms with Crippen LogP contribution in [0.15, 0.2) is 65.8 Å². The molecular weight excluding hydrogens is 316 g/mol. The highest BCUT2D eigenvalue weighted by Crippen LogP contribution is 2.24. The van der Waals surface area contributed by atoms with E-state index in [1.807, 2.05) is 31.2 Å². The zero-order valence-corrected chi connectivity index (χ0v) is 13.4. The highest BCUT2D eigenvalue weighted by Gasteiger charge is 2.15. The molecule has 0 aliphatic rings. The molecule has 0 saturated carbocycles. The van der Waals surface area contributed by atoms with Crippen molar-refractivity contribution in [3.63, 3.8) is 0 Å². The summed E-state index contributed by atoms with van der Waals surface area (Å²) in [4.78, 5) is 33.7. The summed E-state index contributed by atoms with van der Waals surface area (Å²) in [5, 5.41) is 3.63. The average Bonchev–Trinajstić information content (AvgIpc) is 2.65. The Bertz CT molecular complexity index is 1180. The number of hydrogen-bond acceptors (Lipinski definition) is 4. The molecule has 6 nitrogen and oxygen atoms in total. The minimum atomic E-state index is -0.496. The van der Waals surface area contributed by atoms with Crippen molar-refractivity contribution in [1.29, 1.82) is 0 Å². The highest BCUT2D eigenvalue weighted by atomic mass is 16.2. The number of anilines is 1. The number of aryl methyl sites for hydroxylation is 1. The molecule has 0 bridgehead atoms. The predicted octanol–water partition coefficient (Wildman–Crippen LogP) is 2.80. The summed E-state index contributed by atoms with van der Waals surface area (Å²) in [5.41, 5.74) is 2.51. The number of benzene rings is 1. The normalized spacial score (nSPS) is 10.9. The van der Waals surface area contributed by atoms with Crippen molar-refractivity contribution in [2.45, 2.75) is 6.92 Å². The minimum absolute atomic E-state index is 0.0127. The lowest BCUT2D eigenvalue weighted by Crippen LogP contribution is -2.26. The molecule has 0 unspecified atom stereocenters. The van der Waals surface area contributed by atoms with Gasteiger partial charge in [-0.15, -0.1) is 0 Å². The van der Waals surface area contributed by atoms with Crippen LogP contribution in [0.3, 0.4) is 0 Å². The number of carbonyl (C=O) groups excluding carboxylic acids is 1. The topological polar surface area (TPSA) is 76.4 Å². The number of rotatable bonds is 2. The molecule has 0 aliphatic carbocycles. The van der Waals surface area contributed by atoms with Gasteiger partial charge in [0.25, 0.3) is 11.5 Å². The first-order valence-electron chi connectivity index (χ1n) is 7.77. The Morgan fingerprint density at radius 3 is 2.84 bits per heavy atom. The minimum Gasteiger partial charge on any atom is -0.321 e. The third kappa shape index (κ3) is 2.53. The van der Waals surface area contributed by atoms with Crippen molar-refractivity contribution >= 4 is 28.1 Å². The summed E-state index contributed by atoms with van der Waals surface area (Å²) < 4.78 is 1.35. The van der Waals surface area contributed by atoms with E-state index in [9.17, 15) is 9.59 Å². The summed E-state index contributed by atoms with van der Waals surface area (Å²) in [7, 11) is 0. The SMILES string of the molecule is Cc1ccc(NC(=O)c2cnc3ccccn3c2=O)c2cccnc12. The van der Waals surface area contributed by atoms with Gasteiger partial charge in [0.15, 0.2) is 0 Å². The molecule has 0 atom stereocenters. The summed E-state index contributed by atoms with van der Waals surface area (Å²) in [5.74, 6) is -0.496. The van der Waals surface area contributed by atoms with E-state index >= 15 is 0 Å². The van der Waals surface area contributed by atoms with Crippen molar-refractivity contribution in [3.8, 4) is 0 Å². The number of pyridine rings is 2. The van der Waals surface area contributed by atoms with Crippen LogP contribution >= 0.6 is 0 Å². The van der Waals surface area contributed by atoms with Gasteiger partial charge in [0.05, 0.1) is 11.2 Å². The van der Waals surface area contributed by atoms with E-state index in [-0.39, 0.29) is 5.56 Å². The highest BCUT2D eigenvalue weighted by molar-refractivity contribution is 6.08. The Hall–Kier alpha value is -3.54. The van der Waals surface area contributed by atoms with Gasteiger partial charge in [-0.2, -0.15) is 0 Å². The van der Waals surface area contributed by atoms with Gasteiger partial charge in [-0.05, 0) is 42.8 Å². The molecule has 0 radical (unpaired) electrons. The number of amides is 1. The monoisotopic (exact) mass is 330 g/mol. The Labute approximate surface area is 142 Å². The maximum Gasteiger partial charge on any atom is 0.270 e. The summed E-state index contributed by atoms with van der Waals surface area (Å²) in [6, 6.07) is 12.6. The summed E-state index contributed by atoms with van der Waals surface area (Å²) in [6.07, 6.45) is 4.61. The number of nitrogens with one attached hydrogen (secondary N) is 1. The van der Waals surface area contributed by atoms with E-state index in [4.69, 9.17) is 0 Å². The van der Waals surface area contributed by atoms with Gasteiger partial charge in [-0.3, -0.25) is 19.0 Å². The quantitative estimate of drug-likeness (QED) is 0.613. The van der Waals surface area contributed by atoms with Crippen LogP contribution in [0.2, 0.25) is 0 Å². The number of carbonyl (C=O) groups is 1. The van der Waals surface area contributed by atoms with Crippen molar-refractivity contribution < 1.29 is 4.79 Å². The van der Waals surface area contributed by atoms with E-state index in [2.05, 4.69) is 15.3 Å². The number of nitrogens with zero attached hydrogens (tertiary/aromatic N) is 3. The van der Waals surface area contributed by atoms with Gasteiger partial charge < -0.3 is 5.32 Å². The van der Waals surface area contributed by atoms with Crippen molar-refractivity contribution in [3.05, 3.63) is 82.5 Å². The van der Waals surface area contributed by atoms with Crippen molar-refractivity contribution in [1.82, 2.24) is 14.4 Å². The first-order chi connectivity index (χ1) is 12.1. The second kappa shape index (κ2) is 5.83. The third-order valence-corrected chi connectivity index (χ3v) is 4.08. The van der Waals surface area contributed by atoms with Crippen LogP contribution in [-0.2, 0) is 0 Å². The molecule has 4 aromatic rings. The van der Waals surface area contributed by atoms with Crippen LogP contribution in [0, 0.1) is 6.92 Å². The van der Waals surface area contributed by atoms with Crippen LogP contribution in [0.1, 0.15) is 15.9 Å². The molecule has 0 fully saturated rings. The van der Waals surface area contributed by atoms with Gasteiger partial charge in [0.2, 0.25) is 0 Å². The molecule has 0 saturated heterocycles. The fourth-order valence-corrected chi connectivity index (χ4v) is 2.80. The maximum atomic E-state index is 12.6. The molecule has 1 N–H and O–H groups in total. The molecule has 4 rings (SSSR count). The molecule has 1 amide bonds. The van der Waals surface area contributed by atoms with Crippen LogP contribution in [0.25, 0.3) is 16.6 Å². The Morgan fingerprint density at radius 1 is 1.08 bits per heavy atom. The van der Waals surface area contributed by atoms with E-state index in [0.29, 0.717) is 11.3 Å². The van der Waals surface area contributed by atoms with Gasteiger partial charge in [0.1, 0.15) is 11.2 Å². The second-order valence-electron chi connectivity index (χ2n) is 5.69. The first kappa shape index (κ1) is 15.0. The van der Waals surface area contributed by atoms with E-state index in [1.54, 1.807) is 30.6 Å². The molecule has 0 aliphatic heterocycles. The lowest BCUT2D eigenvalue weighted by atomic mass is 10.1. The predicted molar refractivity (Wildman–Crippen MR) is 95.9 cm³/mol. The fourth-order valence-electron chi connectivity index (χ4n) is 2.80. The zero-order valence-electron chi connectivity index (χ0n) is 13.4. The molecule has 0 spiro atoms. The average molecular weight is 330 g/mol. The van der Waals surface area contributed by atoms with Crippen molar-refractivity contribution in [2.24, 2.45) is 0 Å². The summed E-state index contributed by atoms with van der Waals surface area (Å²) in [6.45, 7) is 1.96. The summed E-state index contributed by atoms with van der Waals surface area (Å²) >= 11 is 0. The molecule has 3 heterocycles. The van der Waals surface area contributed by atoms with Crippen LogP contribution in [-0.4, -0.2) is 20.3 Å². The molecule has 1 aromatic carbocycles. The molecule has 25 heavy (non-hydrogen) atoms. The standard InChI is InChI=1S/C19H14N4O2/c1-12-7-8-15(13-5-4-9-20-17(12)13)22-18(24)14-11-21-16-6-2-3-10-23(16)19(14)25/h2-11H,1H3,(H,22,24). The van der Waals surface area contributed by atoms with E-state index < -0.39 is 11.5 Å². The largest absolute Gasteiger partial charge is 0.321 e. The third-order valence-electron chi connectivity index (χ3n) is 4.08. The maximum absolute atomic E-state index is 12.6. The van der Waals surface area contributed by atoms with Gasteiger partial charge in [0, 0.05) is 24.0 Å². The second-order valence-corrected chi connectivity index (χ2v) is 5.69. The molecular formula is C19H14N4O2. The van der Waals surface area contributed by atoms with Crippen LogP contribution < -0.4 is 10.9 Å². The lowest BCUT2D eigenvalue weighted by Gasteiger charge is -2.10. The smallest absolute Gasteiger partial charge is 0.270 e. The van der Waals surface area contributed by atoms with Gasteiger partial charge >= 0.3 is 0 Å². The van der Waals surface area contributed by atoms with Crippen LogP contribution in [0.5, 0.6) is 0 Å². The van der Waals surface area contributed by atoms with Crippen LogP contribution in [0.4, 0.5) is 5.69 Å².